The lowest BCUT2D eigenvalue weighted by Crippen LogP contribution is -2.38. The van der Waals surface area contributed by atoms with Crippen molar-refractivity contribution in [2.45, 2.75) is 18.9 Å². The van der Waals surface area contributed by atoms with Crippen molar-refractivity contribution in [3.8, 4) is 5.75 Å². The van der Waals surface area contributed by atoms with Gasteiger partial charge in [-0.05, 0) is 54.3 Å². The van der Waals surface area contributed by atoms with E-state index in [9.17, 15) is 0 Å². The van der Waals surface area contributed by atoms with Gasteiger partial charge < -0.3 is 14.4 Å². The number of ether oxygens (including phenoxy) is 2. The van der Waals surface area contributed by atoms with Crippen molar-refractivity contribution in [3.63, 3.8) is 0 Å². The van der Waals surface area contributed by atoms with Gasteiger partial charge >= 0.3 is 0 Å². The van der Waals surface area contributed by atoms with Gasteiger partial charge in [-0.3, -0.25) is 4.90 Å². The van der Waals surface area contributed by atoms with Gasteiger partial charge in [-0.15, -0.1) is 0 Å². The SMILES string of the molecule is c1ccc(C2CCc3ccccc3N2c2ccc(OCCN3CCOCC3)cc2)cc1. The van der Waals surface area contributed by atoms with Crippen LogP contribution < -0.4 is 9.64 Å². The largest absolute Gasteiger partial charge is 0.492 e. The molecule has 1 fully saturated rings. The highest BCUT2D eigenvalue weighted by atomic mass is 16.5. The van der Waals surface area contributed by atoms with Gasteiger partial charge in [0.15, 0.2) is 0 Å². The molecule has 160 valence electrons. The van der Waals surface area contributed by atoms with Crippen molar-refractivity contribution in [2.24, 2.45) is 0 Å². The van der Waals surface area contributed by atoms with E-state index in [-0.39, 0.29) is 0 Å². The summed E-state index contributed by atoms with van der Waals surface area (Å²) >= 11 is 0. The summed E-state index contributed by atoms with van der Waals surface area (Å²) in [6.45, 7) is 5.30. The van der Waals surface area contributed by atoms with Gasteiger partial charge in [0.2, 0.25) is 0 Å². The van der Waals surface area contributed by atoms with Crippen molar-refractivity contribution in [1.82, 2.24) is 4.90 Å². The fraction of sp³-hybridized carbons (Fsp3) is 0.333. The number of rotatable bonds is 6. The van der Waals surface area contributed by atoms with E-state index < -0.39 is 0 Å². The lowest BCUT2D eigenvalue weighted by atomic mass is 9.90. The smallest absolute Gasteiger partial charge is 0.119 e. The Bertz CT molecular complexity index is 968. The molecule has 0 radical (unpaired) electrons. The summed E-state index contributed by atoms with van der Waals surface area (Å²) in [5.41, 5.74) is 5.30. The molecule has 4 nitrogen and oxygen atoms in total. The van der Waals surface area contributed by atoms with Crippen LogP contribution in [0.25, 0.3) is 0 Å². The van der Waals surface area contributed by atoms with Crippen LogP contribution in [0.15, 0.2) is 78.9 Å². The molecule has 0 amide bonds. The zero-order valence-electron chi connectivity index (χ0n) is 18.0. The van der Waals surface area contributed by atoms with Crippen molar-refractivity contribution < 1.29 is 9.47 Å². The second-order valence-electron chi connectivity index (χ2n) is 8.26. The predicted octanol–water partition coefficient (Wildman–Crippen LogP) is 5.22. The molecule has 0 N–H and O–H groups in total. The maximum atomic E-state index is 6.03. The Morgan fingerprint density at radius 1 is 0.839 bits per heavy atom. The number of hydrogen-bond donors (Lipinski definition) is 0. The summed E-state index contributed by atoms with van der Waals surface area (Å²) in [5.74, 6) is 0.929. The Morgan fingerprint density at radius 2 is 1.58 bits per heavy atom. The van der Waals surface area contributed by atoms with Crippen LogP contribution in [0.5, 0.6) is 5.75 Å². The van der Waals surface area contributed by atoms with E-state index in [0.717, 1.165) is 51.4 Å². The van der Waals surface area contributed by atoms with E-state index in [1.807, 2.05) is 0 Å². The molecule has 0 aliphatic carbocycles. The van der Waals surface area contributed by atoms with E-state index in [0.29, 0.717) is 12.6 Å². The molecule has 1 atom stereocenters. The molecule has 5 rings (SSSR count). The normalized spacial score (nSPS) is 19.1. The van der Waals surface area contributed by atoms with E-state index in [2.05, 4.69) is 88.7 Å². The number of hydrogen-bond acceptors (Lipinski definition) is 4. The Labute approximate surface area is 185 Å². The first-order valence-electron chi connectivity index (χ1n) is 11.3. The molecule has 2 aliphatic heterocycles. The summed E-state index contributed by atoms with van der Waals surface area (Å²) in [5, 5.41) is 0. The van der Waals surface area contributed by atoms with Crippen LogP contribution >= 0.6 is 0 Å². The maximum absolute atomic E-state index is 6.03. The molecular weight excluding hydrogens is 384 g/mol. The number of fused-ring (bicyclic) bond motifs is 1. The molecule has 31 heavy (non-hydrogen) atoms. The Kier molecular flexibility index (Phi) is 6.19. The highest BCUT2D eigenvalue weighted by molar-refractivity contribution is 5.70. The second-order valence-corrected chi connectivity index (χ2v) is 8.26. The third kappa shape index (κ3) is 4.60. The van der Waals surface area contributed by atoms with Crippen LogP contribution in [0.3, 0.4) is 0 Å². The van der Waals surface area contributed by atoms with Gasteiger partial charge in [0, 0.05) is 31.0 Å². The Hall–Kier alpha value is -2.82. The van der Waals surface area contributed by atoms with Crippen molar-refractivity contribution in [3.05, 3.63) is 90.0 Å². The molecule has 4 heteroatoms. The van der Waals surface area contributed by atoms with E-state index in [4.69, 9.17) is 9.47 Å². The molecule has 0 spiro atoms. The third-order valence-corrected chi connectivity index (χ3v) is 6.33. The highest BCUT2D eigenvalue weighted by Gasteiger charge is 2.28. The van der Waals surface area contributed by atoms with Gasteiger partial charge in [-0.2, -0.15) is 0 Å². The number of aryl methyl sites for hydroxylation is 1. The zero-order chi connectivity index (χ0) is 20.9. The molecule has 0 saturated carbocycles. The van der Waals surface area contributed by atoms with Crippen LogP contribution in [-0.2, 0) is 11.2 Å². The van der Waals surface area contributed by atoms with E-state index in [1.54, 1.807) is 0 Å². The lowest BCUT2D eigenvalue weighted by molar-refractivity contribution is 0.0322. The monoisotopic (exact) mass is 414 g/mol. The molecule has 1 unspecified atom stereocenters. The molecule has 1 saturated heterocycles. The van der Waals surface area contributed by atoms with Crippen LogP contribution in [0.2, 0.25) is 0 Å². The van der Waals surface area contributed by atoms with Crippen LogP contribution in [0.4, 0.5) is 11.4 Å². The number of para-hydroxylation sites is 1. The summed E-state index contributed by atoms with van der Waals surface area (Å²) in [7, 11) is 0. The highest BCUT2D eigenvalue weighted by Crippen LogP contribution is 2.43. The molecule has 0 bridgehead atoms. The van der Waals surface area contributed by atoms with Crippen molar-refractivity contribution in [1.29, 1.82) is 0 Å². The zero-order valence-corrected chi connectivity index (χ0v) is 18.0. The summed E-state index contributed by atoms with van der Waals surface area (Å²) in [6.07, 6.45) is 2.22. The Balaban J connectivity index is 1.34. The van der Waals surface area contributed by atoms with Crippen LogP contribution in [0.1, 0.15) is 23.6 Å². The fourth-order valence-electron chi connectivity index (χ4n) is 4.68. The lowest BCUT2D eigenvalue weighted by Gasteiger charge is -2.39. The van der Waals surface area contributed by atoms with E-state index in [1.165, 1.54) is 22.5 Å². The molecule has 2 aliphatic rings. The first kappa shape index (κ1) is 20.1. The number of anilines is 2. The van der Waals surface area contributed by atoms with Gasteiger partial charge in [0.05, 0.1) is 19.3 Å². The average Bonchev–Trinajstić information content (AvgIpc) is 2.85. The minimum atomic E-state index is 0.337. The molecule has 2 heterocycles. The first-order valence-corrected chi connectivity index (χ1v) is 11.3. The Morgan fingerprint density at radius 3 is 2.39 bits per heavy atom. The predicted molar refractivity (Wildman–Crippen MR) is 125 cm³/mol. The molecular formula is C27H30N2O2. The van der Waals surface area contributed by atoms with Crippen molar-refractivity contribution >= 4 is 11.4 Å². The summed E-state index contributed by atoms with van der Waals surface area (Å²) < 4.78 is 11.4. The summed E-state index contributed by atoms with van der Waals surface area (Å²) in [4.78, 5) is 4.89. The average molecular weight is 415 g/mol. The van der Waals surface area contributed by atoms with E-state index >= 15 is 0 Å². The topological polar surface area (TPSA) is 24.9 Å². The molecule has 3 aromatic carbocycles. The first-order chi connectivity index (χ1) is 15.4. The maximum Gasteiger partial charge on any atom is 0.119 e. The number of benzene rings is 3. The van der Waals surface area contributed by atoms with Crippen LogP contribution in [-0.4, -0.2) is 44.4 Å². The standard InChI is InChI=1S/C27H30N2O2/c1-2-6-22(7-3-1)27-15-10-23-8-4-5-9-26(23)29(27)24-11-13-25(14-12-24)31-21-18-28-16-19-30-20-17-28/h1-9,11-14,27H,10,15-21H2. The van der Waals surface area contributed by atoms with Gasteiger partial charge in [0.25, 0.3) is 0 Å². The number of morpholine rings is 1. The van der Waals surface area contributed by atoms with Gasteiger partial charge in [-0.1, -0.05) is 48.5 Å². The molecule has 3 aromatic rings. The minimum absolute atomic E-state index is 0.337. The summed E-state index contributed by atoms with van der Waals surface area (Å²) in [6, 6.07) is 28.6. The quantitative estimate of drug-likeness (QED) is 0.552. The number of nitrogens with zero attached hydrogens (tertiary/aromatic N) is 2. The van der Waals surface area contributed by atoms with Crippen LogP contribution in [0, 0.1) is 0 Å². The van der Waals surface area contributed by atoms with Crippen molar-refractivity contribution in [2.75, 3.05) is 44.4 Å². The molecule has 0 aromatic heterocycles. The second kappa shape index (κ2) is 9.54. The minimum Gasteiger partial charge on any atom is -0.492 e. The third-order valence-electron chi connectivity index (χ3n) is 6.33. The van der Waals surface area contributed by atoms with Gasteiger partial charge in [0.1, 0.15) is 12.4 Å². The fourth-order valence-corrected chi connectivity index (χ4v) is 4.68. The van der Waals surface area contributed by atoms with Gasteiger partial charge in [-0.25, -0.2) is 0 Å².